The van der Waals surface area contributed by atoms with Gasteiger partial charge in [0.25, 0.3) is 0 Å². The van der Waals surface area contributed by atoms with Crippen LogP contribution in [0.5, 0.6) is 0 Å². The molecule has 0 saturated carbocycles. The number of hydrogen-bond acceptors (Lipinski definition) is 2. The van der Waals surface area contributed by atoms with Gasteiger partial charge in [0.05, 0.1) is 0 Å². The second kappa shape index (κ2) is 7.11. The average Bonchev–Trinajstić information content (AvgIpc) is 2.81. The maximum atomic E-state index is 6.17. The maximum absolute atomic E-state index is 6.17. The molecule has 0 amide bonds. The summed E-state index contributed by atoms with van der Waals surface area (Å²) in [5.74, 6) is 1.51. The van der Waals surface area contributed by atoms with Crippen LogP contribution < -0.4 is 5.32 Å². The Balaban J connectivity index is 1.99. The molecular weight excluding hydrogens is 293 g/mol. The lowest BCUT2D eigenvalue weighted by Crippen LogP contribution is -2.19. The number of nitrogens with zero attached hydrogens (tertiary/aromatic N) is 1. The van der Waals surface area contributed by atoms with Gasteiger partial charge in [-0.2, -0.15) is 0 Å². The zero-order chi connectivity index (χ0) is 14.5. The van der Waals surface area contributed by atoms with Gasteiger partial charge in [-0.1, -0.05) is 43.1 Å². The smallest absolute Gasteiger partial charge is 0.110 e. The van der Waals surface area contributed by atoms with Crippen molar-refractivity contribution in [3.05, 3.63) is 51.5 Å². The Morgan fingerprint density at radius 2 is 1.95 bits per heavy atom. The lowest BCUT2D eigenvalue weighted by molar-refractivity contribution is 0.548. The summed E-state index contributed by atoms with van der Waals surface area (Å²) in [7, 11) is 0. The van der Waals surface area contributed by atoms with Crippen molar-refractivity contribution in [2.75, 3.05) is 6.54 Å². The van der Waals surface area contributed by atoms with Crippen LogP contribution in [0.2, 0.25) is 10.0 Å². The number of halogens is 2. The van der Waals surface area contributed by atoms with Crippen LogP contribution in [0.25, 0.3) is 0 Å². The number of hydrogen-bond donors (Lipinski definition) is 2. The molecule has 2 rings (SSSR count). The highest BCUT2D eigenvalue weighted by atomic mass is 35.5. The minimum absolute atomic E-state index is 0.614. The lowest BCUT2D eigenvalue weighted by Gasteiger charge is -2.06. The predicted octanol–water partition coefficient (Wildman–Crippen LogP) is 4.05. The molecule has 0 atom stereocenters. The second-order valence-corrected chi connectivity index (χ2v) is 6.07. The number of benzene rings is 1. The molecule has 20 heavy (non-hydrogen) atoms. The van der Waals surface area contributed by atoms with Gasteiger partial charge in [0.2, 0.25) is 0 Å². The summed E-state index contributed by atoms with van der Waals surface area (Å²) in [6, 6.07) is 5.53. The van der Waals surface area contributed by atoms with Crippen LogP contribution in [0.15, 0.2) is 24.4 Å². The zero-order valence-electron chi connectivity index (χ0n) is 11.7. The molecule has 1 aromatic carbocycles. The largest absolute Gasteiger partial charge is 0.345 e. The van der Waals surface area contributed by atoms with E-state index in [9.17, 15) is 0 Å². The average molecular weight is 312 g/mol. The van der Waals surface area contributed by atoms with Gasteiger partial charge in [0, 0.05) is 34.9 Å². The first kappa shape index (κ1) is 15.4. The van der Waals surface area contributed by atoms with Crippen molar-refractivity contribution in [1.29, 1.82) is 0 Å². The van der Waals surface area contributed by atoms with Gasteiger partial charge in [-0.15, -0.1) is 0 Å². The zero-order valence-corrected chi connectivity index (χ0v) is 13.2. The minimum atomic E-state index is 0.614. The normalized spacial score (nSPS) is 11.2. The molecule has 0 aliphatic carbocycles. The van der Waals surface area contributed by atoms with Crippen molar-refractivity contribution in [3.8, 4) is 0 Å². The highest BCUT2D eigenvalue weighted by molar-refractivity contribution is 6.36. The van der Waals surface area contributed by atoms with E-state index >= 15 is 0 Å². The van der Waals surface area contributed by atoms with Gasteiger partial charge in [0.1, 0.15) is 5.82 Å². The van der Waals surface area contributed by atoms with Crippen LogP contribution in [0, 0.1) is 5.92 Å². The molecule has 3 nitrogen and oxygen atoms in total. The van der Waals surface area contributed by atoms with Crippen molar-refractivity contribution in [1.82, 2.24) is 15.3 Å². The Labute approximate surface area is 129 Å². The van der Waals surface area contributed by atoms with E-state index in [2.05, 4.69) is 29.1 Å². The van der Waals surface area contributed by atoms with E-state index in [1.54, 1.807) is 0 Å². The number of aromatic nitrogens is 2. The van der Waals surface area contributed by atoms with Crippen LogP contribution >= 0.6 is 23.2 Å². The van der Waals surface area contributed by atoms with Crippen LogP contribution in [-0.4, -0.2) is 16.5 Å². The summed E-state index contributed by atoms with van der Waals surface area (Å²) in [5, 5.41) is 4.73. The van der Waals surface area contributed by atoms with Crippen molar-refractivity contribution < 1.29 is 0 Å². The van der Waals surface area contributed by atoms with E-state index in [1.165, 1.54) is 0 Å². The van der Waals surface area contributed by atoms with Gasteiger partial charge in [-0.25, -0.2) is 4.98 Å². The minimum Gasteiger partial charge on any atom is -0.345 e. The first-order valence-electron chi connectivity index (χ1n) is 6.72. The molecule has 0 fully saturated rings. The third-order valence-electron chi connectivity index (χ3n) is 2.96. The first-order chi connectivity index (χ1) is 9.56. The van der Waals surface area contributed by atoms with Gasteiger partial charge >= 0.3 is 0 Å². The summed E-state index contributed by atoms with van der Waals surface area (Å²) >= 11 is 12.3. The van der Waals surface area contributed by atoms with Crippen molar-refractivity contribution in [3.63, 3.8) is 0 Å². The molecular formula is C15H19Cl2N3. The molecule has 108 valence electrons. The van der Waals surface area contributed by atoms with E-state index in [-0.39, 0.29) is 0 Å². The Morgan fingerprint density at radius 1 is 1.25 bits per heavy atom. The lowest BCUT2D eigenvalue weighted by atomic mass is 10.1. The second-order valence-electron chi connectivity index (χ2n) is 5.26. The summed E-state index contributed by atoms with van der Waals surface area (Å²) in [6.45, 7) is 6.15. The van der Waals surface area contributed by atoms with Gasteiger partial charge in [-0.3, -0.25) is 0 Å². The summed E-state index contributed by atoms with van der Waals surface area (Å²) in [5.41, 5.74) is 1.98. The summed E-state index contributed by atoms with van der Waals surface area (Å²) in [4.78, 5) is 7.68. The third-order valence-corrected chi connectivity index (χ3v) is 3.66. The van der Waals surface area contributed by atoms with Crippen LogP contribution in [0.4, 0.5) is 0 Å². The molecule has 0 unspecified atom stereocenters. The molecule has 0 saturated heterocycles. The Morgan fingerprint density at radius 3 is 2.60 bits per heavy atom. The molecule has 1 aromatic heterocycles. The van der Waals surface area contributed by atoms with Gasteiger partial charge in [0.15, 0.2) is 0 Å². The maximum Gasteiger partial charge on any atom is 0.110 e. The Bertz CT molecular complexity index is 544. The van der Waals surface area contributed by atoms with E-state index < -0.39 is 0 Å². The fraction of sp³-hybridized carbons (Fsp3) is 0.400. The molecule has 0 aliphatic rings. The molecule has 2 N–H and O–H groups in total. The topological polar surface area (TPSA) is 40.7 Å². The first-order valence-corrected chi connectivity index (χ1v) is 7.48. The number of rotatable bonds is 6. The summed E-state index contributed by atoms with van der Waals surface area (Å²) in [6.07, 6.45) is 2.47. The van der Waals surface area contributed by atoms with Crippen molar-refractivity contribution >= 4 is 23.2 Å². The number of imidazole rings is 1. The van der Waals surface area contributed by atoms with E-state index in [0.29, 0.717) is 22.4 Å². The van der Waals surface area contributed by atoms with Crippen LogP contribution in [-0.2, 0) is 13.0 Å². The monoisotopic (exact) mass is 311 g/mol. The van der Waals surface area contributed by atoms with Crippen LogP contribution in [0.1, 0.15) is 30.9 Å². The fourth-order valence-corrected chi connectivity index (χ4v) is 2.48. The standard InChI is InChI=1S/C15H19Cl2N3/c1-10(2)7-18-8-11-9-19-15(20-11)6-12-13(16)4-3-5-14(12)17/h3-5,9-10,18H,6-8H2,1-2H3,(H,19,20). The van der Waals surface area contributed by atoms with E-state index in [1.807, 2.05) is 24.4 Å². The molecule has 2 aromatic rings. The Hall–Kier alpha value is -1.03. The number of aromatic amines is 1. The fourth-order valence-electron chi connectivity index (χ4n) is 1.95. The molecule has 5 heteroatoms. The number of nitrogens with one attached hydrogen (secondary N) is 2. The van der Waals surface area contributed by atoms with Gasteiger partial charge < -0.3 is 10.3 Å². The van der Waals surface area contributed by atoms with E-state index in [4.69, 9.17) is 23.2 Å². The van der Waals surface area contributed by atoms with Gasteiger partial charge in [-0.05, 0) is 30.2 Å². The summed E-state index contributed by atoms with van der Waals surface area (Å²) < 4.78 is 0. The SMILES string of the molecule is CC(C)CNCc1cnc(Cc2c(Cl)cccc2Cl)[nH]1. The third kappa shape index (κ3) is 4.23. The highest BCUT2D eigenvalue weighted by Crippen LogP contribution is 2.26. The Kier molecular flexibility index (Phi) is 5.46. The number of H-pyrrole nitrogens is 1. The highest BCUT2D eigenvalue weighted by Gasteiger charge is 2.09. The molecule has 0 bridgehead atoms. The molecule has 0 radical (unpaired) electrons. The van der Waals surface area contributed by atoms with Crippen molar-refractivity contribution in [2.24, 2.45) is 5.92 Å². The quantitative estimate of drug-likeness (QED) is 0.845. The van der Waals surface area contributed by atoms with Crippen molar-refractivity contribution in [2.45, 2.75) is 26.8 Å². The molecule has 0 aliphatic heterocycles. The molecule has 1 heterocycles. The molecule has 0 spiro atoms. The predicted molar refractivity (Wildman–Crippen MR) is 84.4 cm³/mol. The van der Waals surface area contributed by atoms with E-state index in [0.717, 1.165) is 30.2 Å². The van der Waals surface area contributed by atoms with Crippen LogP contribution in [0.3, 0.4) is 0 Å².